The molecular weight excluding hydrogens is 579 g/mol. The second-order valence-corrected chi connectivity index (χ2v) is 13.3. The molecule has 0 saturated carbocycles. The number of carbonyl (C=O) groups excluding carboxylic acids is 1. The van der Waals surface area contributed by atoms with Crippen molar-refractivity contribution in [3.05, 3.63) is 81.4 Å². The van der Waals surface area contributed by atoms with Crippen LogP contribution in [0.5, 0.6) is 0 Å². The standard InChI is InChI=1S/C37H39N5O2S/c1-22(2)42-16-14-32-34(21-42)45-37(41-32)31-13-7-11-29(25(31)5)28-10-6-12-30(24(28)4)36-40-33-18-26(17-27(19-38)35(33)44-36)20-39-15-8-9-23(3)43/h6-7,10-13,17-18,22,39H,8-9,14-16,20-21H2,1-5H3. The Kier molecular flexibility index (Phi) is 8.95. The van der Waals surface area contributed by atoms with Gasteiger partial charge in [-0.2, -0.15) is 5.26 Å². The Morgan fingerprint density at radius 3 is 2.49 bits per heavy atom. The zero-order valence-corrected chi connectivity index (χ0v) is 27.5. The van der Waals surface area contributed by atoms with Gasteiger partial charge in [0.25, 0.3) is 0 Å². The van der Waals surface area contributed by atoms with Crippen LogP contribution in [0.4, 0.5) is 0 Å². The third-order valence-corrected chi connectivity index (χ3v) is 9.91. The second kappa shape index (κ2) is 13.1. The maximum Gasteiger partial charge on any atom is 0.227 e. The Hall–Kier alpha value is -4.16. The van der Waals surface area contributed by atoms with Crippen molar-refractivity contribution in [1.29, 1.82) is 5.26 Å². The van der Waals surface area contributed by atoms with Crippen molar-refractivity contribution in [3.63, 3.8) is 0 Å². The van der Waals surface area contributed by atoms with E-state index in [4.69, 9.17) is 14.4 Å². The molecule has 3 heterocycles. The van der Waals surface area contributed by atoms with Crippen LogP contribution in [-0.2, 0) is 24.3 Å². The van der Waals surface area contributed by atoms with E-state index in [2.05, 4.69) is 68.2 Å². The Labute approximate surface area is 268 Å². The van der Waals surface area contributed by atoms with Crippen LogP contribution in [0.2, 0.25) is 0 Å². The third kappa shape index (κ3) is 6.34. The largest absolute Gasteiger partial charge is 0.435 e. The monoisotopic (exact) mass is 617 g/mol. The molecule has 0 unspecified atom stereocenters. The molecule has 230 valence electrons. The van der Waals surface area contributed by atoms with Gasteiger partial charge in [0.05, 0.1) is 11.3 Å². The van der Waals surface area contributed by atoms with Gasteiger partial charge < -0.3 is 14.5 Å². The molecule has 0 aliphatic carbocycles. The lowest BCUT2D eigenvalue weighted by atomic mass is 9.91. The van der Waals surface area contributed by atoms with Gasteiger partial charge in [-0.1, -0.05) is 30.3 Å². The Bertz CT molecular complexity index is 1930. The van der Waals surface area contributed by atoms with Crippen LogP contribution >= 0.6 is 11.3 Å². The highest BCUT2D eigenvalue weighted by atomic mass is 32.1. The van der Waals surface area contributed by atoms with Crippen LogP contribution in [-0.4, -0.2) is 39.8 Å². The van der Waals surface area contributed by atoms with E-state index in [1.54, 1.807) is 6.92 Å². The van der Waals surface area contributed by atoms with E-state index in [1.165, 1.54) is 21.7 Å². The first-order valence-corrected chi connectivity index (χ1v) is 16.5. The highest BCUT2D eigenvalue weighted by Crippen LogP contribution is 2.40. The molecule has 0 amide bonds. The third-order valence-electron chi connectivity index (χ3n) is 8.79. The van der Waals surface area contributed by atoms with Crippen molar-refractivity contribution < 1.29 is 9.21 Å². The molecule has 0 saturated heterocycles. The molecular formula is C37H39N5O2S. The van der Waals surface area contributed by atoms with Crippen LogP contribution in [0.25, 0.3) is 44.3 Å². The Morgan fingerprint density at radius 1 is 1.07 bits per heavy atom. The summed E-state index contributed by atoms with van der Waals surface area (Å²) in [5.74, 6) is 0.696. The minimum atomic E-state index is 0.193. The zero-order chi connectivity index (χ0) is 31.7. The van der Waals surface area contributed by atoms with E-state index in [0.717, 1.165) is 65.3 Å². The van der Waals surface area contributed by atoms with Crippen molar-refractivity contribution >= 4 is 28.2 Å². The number of benzene rings is 3. The van der Waals surface area contributed by atoms with E-state index < -0.39 is 0 Å². The summed E-state index contributed by atoms with van der Waals surface area (Å²) >= 11 is 1.82. The van der Waals surface area contributed by atoms with Gasteiger partial charge in [-0.3, -0.25) is 4.90 Å². The lowest BCUT2D eigenvalue weighted by Crippen LogP contribution is -2.35. The quantitative estimate of drug-likeness (QED) is 0.159. The SMILES string of the molecule is CC(=O)CCCNCc1cc(C#N)c2oc(-c3cccc(-c4cccc(-c5nc6c(s5)CN(C(C)C)CC6)c4C)c3C)nc2c1. The number of nitrogens with one attached hydrogen (secondary N) is 1. The average Bonchev–Trinajstić information content (AvgIpc) is 3.65. The number of fused-ring (bicyclic) bond motifs is 2. The van der Waals surface area contributed by atoms with Crippen molar-refractivity contribution in [1.82, 2.24) is 20.2 Å². The molecule has 1 N–H and O–H groups in total. The summed E-state index contributed by atoms with van der Waals surface area (Å²) in [5.41, 5.74) is 10.5. The number of rotatable bonds is 10. The molecule has 8 heteroatoms. The molecule has 1 aliphatic heterocycles. The first-order valence-electron chi connectivity index (χ1n) is 15.7. The average molecular weight is 618 g/mol. The Morgan fingerprint density at radius 2 is 1.78 bits per heavy atom. The van der Waals surface area contributed by atoms with Crippen molar-refractivity contribution in [2.75, 3.05) is 13.1 Å². The van der Waals surface area contributed by atoms with E-state index in [0.29, 0.717) is 41.6 Å². The van der Waals surface area contributed by atoms with Crippen molar-refractivity contribution in [2.24, 2.45) is 0 Å². The fraction of sp³-hybridized carbons (Fsp3) is 0.351. The summed E-state index contributed by atoms with van der Waals surface area (Å²) in [6, 6.07) is 19.3. The first kappa shape index (κ1) is 30.8. The predicted molar refractivity (Wildman–Crippen MR) is 181 cm³/mol. The fourth-order valence-corrected chi connectivity index (χ4v) is 7.39. The van der Waals surface area contributed by atoms with Crippen molar-refractivity contribution in [2.45, 2.75) is 73.0 Å². The number of hydrogen-bond donors (Lipinski definition) is 1. The molecule has 0 bridgehead atoms. The van der Waals surface area contributed by atoms with Crippen LogP contribution in [0.3, 0.4) is 0 Å². The van der Waals surface area contributed by atoms with E-state index >= 15 is 0 Å². The van der Waals surface area contributed by atoms with Gasteiger partial charge in [0, 0.05) is 54.5 Å². The number of carbonyl (C=O) groups is 1. The molecule has 0 atom stereocenters. The number of aromatic nitrogens is 2. The summed E-state index contributed by atoms with van der Waals surface area (Å²) in [6.45, 7) is 13.8. The maximum atomic E-state index is 11.2. The van der Waals surface area contributed by atoms with Gasteiger partial charge in [0.2, 0.25) is 5.89 Å². The van der Waals surface area contributed by atoms with Gasteiger partial charge in [-0.15, -0.1) is 11.3 Å². The number of Topliss-reactive ketones (excluding diaryl/α,β-unsaturated/α-hetero) is 1. The molecule has 6 rings (SSSR count). The fourth-order valence-electron chi connectivity index (χ4n) is 6.18. The van der Waals surface area contributed by atoms with Gasteiger partial charge in [0.15, 0.2) is 5.58 Å². The van der Waals surface area contributed by atoms with Gasteiger partial charge in [-0.05, 0) is 93.6 Å². The summed E-state index contributed by atoms with van der Waals surface area (Å²) in [6.07, 6.45) is 2.35. The smallest absolute Gasteiger partial charge is 0.227 e. The lowest BCUT2D eigenvalue weighted by Gasteiger charge is -2.29. The molecule has 5 aromatic rings. The minimum absolute atomic E-state index is 0.193. The number of oxazole rings is 1. The molecule has 1 aliphatic rings. The van der Waals surface area contributed by atoms with E-state index in [9.17, 15) is 10.1 Å². The second-order valence-electron chi connectivity index (χ2n) is 12.3. The minimum Gasteiger partial charge on any atom is -0.435 e. The summed E-state index contributed by atoms with van der Waals surface area (Å²) in [5, 5.41) is 14.3. The summed E-state index contributed by atoms with van der Waals surface area (Å²) in [7, 11) is 0. The number of thiazole rings is 1. The molecule has 45 heavy (non-hydrogen) atoms. The summed E-state index contributed by atoms with van der Waals surface area (Å²) in [4.78, 5) is 25.1. The highest BCUT2D eigenvalue weighted by molar-refractivity contribution is 7.15. The van der Waals surface area contributed by atoms with Gasteiger partial charge in [0.1, 0.15) is 22.4 Å². The molecule has 2 aromatic heterocycles. The molecule has 0 radical (unpaired) electrons. The molecule has 3 aromatic carbocycles. The van der Waals surface area contributed by atoms with Crippen LogP contribution in [0, 0.1) is 25.2 Å². The molecule has 7 nitrogen and oxygen atoms in total. The number of nitriles is 1. The van der Waals surface area contributed by atoms with Crippen LogP contribution in [0.15, 0.2) is 52.9 Å². The molecule has 0 spiro atoms. The number of nitrogens with zero attached hydrogens (tertiary/aromatic N) is 4. The van der Waals surface area contributed by atoms with E-state index in [-0.39, 0.29) is 5.78 Å². The Balaban J connectivity index is 1.30. The van der Waals surface area contributed by atoms with Gasteiger partial charge >= 0.3 is 0 Å². The first-order chi connectivity index (χ1) is 21.7. The van der Waals surface area contributed by atoms with Gasteiger partial charge in [-0.25, -0.2) is 9.97 Å². The predicted octanol–water partition coefficient (Wildman–Crippen LogP) is 8.00. The summed E-state index contributed by atoms with van der Waals surface area (Å²) < 4.78 is 6.26. The highest BCUT2D eigenvalue weighted by Gasteiger charge is 2.24. The van der Waals surface area contributed by atoms with E-state index in [1.807, 2.05) is 35.6 Å². The lowest BCUT2D eigenvalue weighted by molar-refractivity contribution is -0.117. The number of ketones is 1. The zero-order valence-electron chi connectivity index (χ0n) is 26.7. The maximum absolute atomic E-state index is 11.2. The molecule has 0 fully saturated rings. The normalized spacial score (nSPS) is 13.4. The topological polar surface area (TPSA) is 95.0 Å². The number of hydrogen-bond acceptors (Lipinski definition) is 8. The van der Waals surface area contributed by atoms with Crippen LogP contribution in [0.1, 0.15) is 66.4 Å². The van der Waals surface area contributed by atoms with Crippen molar-refractivity contribution in [3.8, 4) is 39.2 Å². The van der Waals surface area contributed by atoms with Crippen LogP contribution < -0.4 is 5.32 Å².